The first kappa shape index (κ1) is 22.3. The van der Waals surface area contributed by atoms with E-state index >= 15 is 0 Å². The van der Waals surface area contributed by atoms with Crippen LogP contribution in [-0.4, -0.2) is 43.9 Å². The highest BCUT2D eigenvalue weighted by Crippen LogP contribution is 2.37. The van der Waals surface area contributed by atoms with E-state index in [1.165, 1.54) is 0 Å². The van der Waals surface area contributed by atoms with Crippen LogP contribution in [0.3, 0.4) is 0 Å². The smallest absolute Gasteiger partial charge is 0.337 e. The summed E-state index contributed by atoms with van der Waals surface area (Å²) < 4.78 is 7.88. The molecule has 3 heterocycles. The molecule has 0 bridgehead atoms. The van der Waals surface area contributed by atoms with Crippen LogP contribution in [0.1, 0.15) is 64.3 Å². The minimum absolute atomic E-state index is 0.265. The molecule has 4 rings (SSSR count). The Bertz CT molecular complexity index is 1120. The van der Waals surface area contributed by atoms with Crippen molar-refractivity contribution in [3.63, 3.8) is 0 Å². The van der Waals surface area contributed by atoms with Crippen LogP contribution in [0, 0.1) is 6.92 Å². The second-order valence-electron chi connectivity index (χ2n) is 9.59. The second kappa shape index (κ2) is 8.54. The Morgan fingerprint density at radius 3 is 2.56 bits per heavy atom. The Hall–Kier alpha value is -2.93. The maximum absolute atomic E-state index is 12.4. The molecule has 1 N–H and O–H groups in total. The summed E-state index contributed by atoms with van der Waals surface area (Å²) in [4.78, 5) is 19.5. The molecule has 2 aromatic heterocycles. The SMILES string of the molecule is Cc1nc2cc(-c3ccccc3)nn2c(N2CCCCC2C)c1C(OC(C)(C)C)C(=O)O. The van der Waals surface area contributed by atoms with Gasteiger partial charge < -0.3 is 14.7 Å². The average molecular weight is 437 g/mol. The molecular weight excluding hydrogens is 404 g/mol. The minimum Gasteiger partial charge on any atom is -0.479 e. The number of hydrogen-bond acceptors (Lipinski definition) is 5. The van der Waals surface area contributed by atoms with Gasteiger partial charge in [0, 0.05) is 29.9 Å². The fourth-order valence-corrected chi connectivity index (χ4v) is 4.45. The number of rotatable bonds is 5. The molecule has 170 valence electrons. The predicted molar refractivity (Wildman–Crippen MR) is 125 cm³/mol. The van der Waals surface area contributed by atoms with Gasteiger partial charge in [-0.05, 0) is 53.9 Å². The highest BCUT2D eigenvalue weighted by molar-refractivity contribution is 5.79. The highest BCUT2D eigenvalue weighted by atomic mass is 16.5. The summed E-state index contributed by atoms with van der Waals surface area (Å²) in [6.45, 7) is 10.5. The lowest BCUT2D eigenvalue weighted by Gasteiger charge is -2.38. The number of ether oxygens (including phenoxy) is 1. The van der Waals surface area contributed by atoms with E-state index in [0.717, 1.165) is 42.9 Å². The number of aryl methyl sites for hydroxylation is 1. The quantitative estimate of drug-likeness (QED) is 0.605. The molecule has 0 aliphatic carbocycles. The summed E-state index contributed by atoms with van der Waals surface area (Å²) in [5, 5.41) is 15.1. The molecule has 0 radical (unpaired) electrons. The number of benzene rings is 1. The van der Waals surface area contributed by atoms with E-state index in [1.54, 1.807) is 0 Å². The van der Waals surface area contributed by atoms with Crippen molar-refractivity contribution in [3.05, 3.63) is 47.7 Å². The average Bonchev–Trinajstić information content (AvgIpc) is 3.15. The molecule has 3 aromatic rings. The molecule has 0 saturated carbocycles. The lowest BCUT2D eigenvalue weighted by atomic mass is 10.0. The summed E-state index contributed by atoms with van der Waals surface area (Å²) in [5.74, 6) is -0.246. The normalized spacial score (nSPS) is 18.2. The van der Waals surface area contributed by atoms with Gasteiger partial charge >= 0.3 is 5.97 Å². The van der Waals surface area contributed by atoms with Crippen LogP contribution >= 0.6 is 0 Å². The van der Waals surface area contributed by atoms with Gasteiger partial charge in [0.1, 0.15) is 5.82 Å². The number of aliphatic carboxylic acids is 1. The highest BCUT2D eigenvalue weighted by Gasteiger charge is 2.35. The second-order valence-corrected chi connectivity index (χ2v) is 9.59. The number of aromatic nitrogens is 3. The lowest BCUT2D eigenvalue weighted by molar-refractivity contribution is -0.160. The van der Waals surface area contributed by atoms with Gasteiger partial charge in [-0.2, -0.15) is 9.61 Å². The minimum atomic E-state index is -1.14. The van der Waals surface area contributed by atoms with Crippen LogP contribution in [-0.2, 0) is 9.53 Å². The van der Waals surface area contributed by atoms with Crippen LogP contribution in [0.5, 0.6) is 0 Å². The number of anilines is 1. The standard InChI is InChI=1S/C25H32N4O3/c1-16-11-9-10-14-28(16)23-21(22(24(30)31)32-25(3,4)5)17(2)26-20-15-19(27-29(20)23)18-12-7-6-8-13-18/h6-8,12-13,15-16,22H,9-11,14H2,1-5H3,(H,30,31). The largest absolute Gasteiger partial charge is 0.479 e. The number of hydrogen-bond donors (Lipinski definition) is 1. The molecule has 1 fully saturated rings. The molecule has 1 saturated heterocycles. The van der Waals surface area contributed by atoms with Crippen molar-refractivity contribution in [2.24, 2.45) is 0 Å². The monoisotopic (exact) mass is 436 g/mol. The van der Waals surface area contributed by atoms with Crippen LogP contribution < -0.4 is 4.90 Å². The Morgan fingerprint density at radius 1 is 1.22 bits per heavy atom. The number of piperidine rings is 1. The number of carboxylic acid groups (broad SMARTS) is 1. The van der Waals surface area contributed by atoms with Gasteiger partial charge in [-0.1, -0.05) is 30.3 Å². The molecule has 32 heavy (non-hydrogen) atoms. The summed E-state index contributed by atoms with van der Waals surface area (Å²) in [6.07, 6.45) is 2.13. The Balaban J connectivity index is 1.98. The summed E-state index contributed by atoms with van der Waals surface area (Å²) >= 11 is 0. The molecular formula is C25H32N4O3. The fraction of sp³-hybridized carbons (Fsp3) is 0.480. The topological polar surface area (TPSA) is 80.0 Å². The van der Waals surface area contributed by atoms with Gasteiger partial charge in [0.2, 0.25) is 0 Å². The van der Waals surface area contributed by atoms with Crippen LogP contribution in [0.25, 0.3) is 16.9 Å². The fourth-order valence-electron chi connectivity index (χ4n) is 4.45. The predicted octanol–water partition coefficient (Wildman–Crippen LogP) is 5.02. The van der Waals surface area contributed by atoms with E-state index in [4.69, 9.17) is 14.8 Å². The van der Waals surface area contributed by atoms with E-state index in [9.17, 15) is 9.90 Å². The molecule has 1 aliphatic rings. The maximum atomic E-state index is 12.4. The first-order chi connectivity index (χ1) is 15.2. The number of fused-ring (bicyclic) bond motifs is 1. The van der Waals surface area contributed by atoms with Crippen molar-refractivity contribution in [2.45, 2.75) is 71.6 Å². The van der Waals surface area contributed by atoms with Crippen LogP contribution in [0.15, 0.2) is 36.4 Å². The lowest BCUT2D eigenvalue weighted by Crippen LogP contribution is -2.41. The van der Waals surface area contributed by atoms with Gasteiger partial charge in [-0.25, -0.2) is 9.78 Å². The van der Waals surface area contributed by atoms with E-state index < -0.39 is 17.7 Å². The summed E-state index contributed by atoms with van der Waals surface area (Å²) in [5.41, 5.74) is 3.12. The van der Waals surface area contributed by atoms with Crippen molar-refractivity contribution in [1.82, 2.24) is 14.6 Å². The van der Waals surface area contributed by atoms with Crippen LogP contribution in [0.4, 0.5) is 5.82 Å². The zero-order valence-electron chi connectivity index (χ0n) is 19.5. The van der Waals surface area contributed by atoms with Gasteiger partial charge in [0.25, 0.3) is 0 Å². The first-order valence-electron chi connectivity index (χ1n) is 11.3. The third-order valence-electron chi connectivity index (χ3n) is 5.91. The number of carbonyl (C=O) groups is 1. The van der Waals surface area contributed by atoms with E-state index in [-0.39, 0.29) is 6.04 Å². The molecule has 0 amide bonds. The Labute approximate surface area is 189 Å². The third-order valence-corrected chi connectivity index (χ3v) is 5.91. The zero-order valence-corrected chi connectivity index (χ0v) is 19.5. The van der Waals surface area contributed by atoms with Crippen molar-refractivity contribution in [2.75, 3.05) is 11.4 Å². The van der Waals surface area contributed by atoms with E-state index in [0.29, 0.717) is 16.9 Å². The van der Waals surface area contributed by atoms with Crippen molar-refractivity contribution in [3.8, 4) is 11.3 Å². The molecule has 2 unspecified atom stereocenters. The van der Waals surface area contributed by atoms with Gasteiger partial charge in [0.05, 0.1) is 16.9 Å². The summed E-state index contributed by atoms with van der Waals surface area (Å²) in [7, 11) is 0. The molecule has 7 nitrogen and oxygen atoms in total. The van der Waals surface area contributed by atoms with E-state index in [1.807, 2.05) is 68.6 Å². The van der Waals surface area contributed by atoms with Crippen molar-refractivity contribution < 1.29 is 14.6 Å². The van der Waals surface area contributed by atoms with Crippen molar-refractivity contribution in [1.29, 1.82) is 0 Å². The van der Waals surface area contributed by atoms with Gasteiger partial charge in [-0.15, -0.1) is 0 Å². The van der Waals surface area contributed by atoms with E-state index in [2.05, 4.69) is 11.8 Å². The first-order valence-corrected chi connectivity index (χ1v) is 11.3. The molecule has 1 aromatic carbocycles. The zero-order chi connectivity index (χ0) is 23.0. The number of carboxylic acids is 1. The molecule has 7 heteroatoms. The van der Waals surface area contributed by atoms with Crippen LogP contribution in [0.2, 0.25) is 0 Å². The third kappa shape index (κ3) is 4.35. The Morgan fingerprint density at radius 2 is 1.94 bits per heavy atom. The molecule has 2 atom stereocenters. The summed E-state index contributed by atoms with van der Waals surface area (Å²) in [6, 6.07) is 12.2. The Kier molecular flexibility index (Phi) is 5.95. The maximum Gasteiger partial charge on any atom is 0.337 e. The number of nitrogens with zero attached hydrogens (tertiary/aromatic N) is 4. The van der Waals surface area contributed by atoms with Gasteiger partial charge in [-0.3, -0.25) is 0 Å². The molecule has 1 aliphatic heterocycles. The van der Waals surface area contributed by atoms with Crippen molar-refractivity contribution >= 4 is 17.4 Å². The van der Waals surface area contributed by atoms with Gasteiger partial charge in [0.15, 0.2) is 11.8 Å². The molecule has 0 spiro atoms.